The van der Waals surface area contributed by atoms with E-state index in [-0.39, 0.29) is 46.8 Å². The van der Waals surface area contributed by atoms with Crippen LogP contribution >= 0.6 is 0 Å². The van der Waals surface area contributed by atoms with Gasteiger partial charge < -0.3 is 15.0 Å². The van der Waals surface area contributed by atoms with Gasteiger partial charge >= 0.3 is 5.97 Å². The number of hydrogen-bond acceptors (Lipinski definition) is 8. The maximum Gasteiger partial charge on any atom is 0.338 e. The van der Waals surface area contributed by atoms with Crippen molar-refractivity contribution in [3.05, 3.63) is 112 Å². The highest BCUT2D eigenvalue weighted by molar-refractivity contribution is 6.04. The topological polar surface area (TPSA) is 137 Å². The van der Waals surface area contributed by atoms with Crippen LogP contribution in [0.5, 0.6) is 0 Å². The number of allylic oxidation sites excluding steroid dienone is 3. The predicted octanol–water partition coefficient (Wildman–Crippen LogP) is 3.31. The number of carbonyl (C=O) groups is 3. The van der Waals surface area contributed by atoms with Gasteiger partial charge in [-0.05, 0) is 41.5 Å². The van der Waals surface area contributed by atoms with Crippen molar-refractivity contribution in [3.8, 4) is 0 Å². The molecular formula is C31H31N5O5. The van der Waals surface area contributed by atoms with Crippen LogP contribution in [0.25, 0.3) is 10.9 Å². The molecule has 210 valence electrons. The van der Waals surface area contributed by atoms with E-state index in [1.807, 2.05) is 38.1 Å². The SMILES string of the molecule is C=CCn1c(=O)c(C2C(C(=O)OC)=C(N)N(NC(=O)c3ccncc3)C3=C2C(=O)CC(C)(C)C3)cc2ccccc21. The number of nitrogens with one attached hydrogen (secondary N) is 1. The molecule has 0 radical (unpaired) electrons. The standard InChI is InChI=1S/C31H31N5O5/c1-5-14-35-21-9-7-6-8-19(21)15-20(29(35)39)24-25-22(16-31(2,3)17-23(25)37)36(27(32)26(24)30(40)41-4)34-28(38)18-10-12-33-13-11-18/h5-13,15,24H,1,14,16-17,32H2,2-4H3,(H,34,38). The Hall–Kier alpha value is -4.99. The summed E-state index contributed by atoms with van der Waals surface area (Å²) in [4.78, 5) is 58.6. The number of Topliss-reactive ketones (excluding diaryl/α,β-unsaturated/α-hetero) is 1. The van der Waals surface area contributed by atoms with Crippen LogP contribution in [0, 0.1) is 5.41 Å². The lowest BCUT2D eigenvalue weighted by Gasteiger charge is -2.43. The van der Waals surface area contributed by atoms with Gasteiger partial charge in [0.05, 0.1) is 29.8 Å². The first kappa shape index (κ1) is 27.6. The third kappa shape index (κ3) is 4.82. The van der Waals surface area contributed by atoms with Gasteiger partial charge in [0.1, 0.15) is 5.82 Å². The Kier molecular flexibility index (Phi) is 7.08. The second kappa shape index (κ2) is 10.5. The van der Waals surface area contributed by atoms with Crippen LogP contribution < -0.4 is 16.7 Å². The lowest BCUT2D eigenvalue weighted by atomic mass is 9.69. The molecule has 1 aliphatic carbocycles. The summed E-state index contributed by atoms with van der Waals surface area (Å²) < 4.78 is 6.68. The van der Waals surface area contributed by atoms with Gasteiger partial charge in [-0.1, -0.05) is 38.1 Å². The maximum absolute atomic E-state index is 14.1. The van der Waals surface area contributed by atoms with Crippen molar-refractivity contribution in [3.63, 3.8) is 0 Å². The van der Waals surface area contributed by atoms with Crippen molar-refractivity contribution in [1.82, 2.24) is 20.0 Å². The Labute approximate surface area is 236 Å². The molecule has 1 amide bonds. The number of nitrogens with two attached hydrogens (primary N) is 1. The highest BCUT2D eigenvalue weighted by atomic mass is 16.5. The molecule has 0 saturated carbocycles. The molecule has 1 unspecified atom stereocenters. The number of amides is 1. The number of ketones is 1. The number of hydrogen-bond donors (Lipinski definition) is 2. The number of hydrazine groups is 1. The highest BCUT2D eigenvalue weighted by Crippen LogP contribution is 2.48. The number of pyridine rings is 2. The lowest BCUT2D eigenvalue weighted by Crippen LogP contribution is -2.51. The normalized spacial score (nSPS) is 18.3. The zero-order valence-electron chi connectivity index (χ0n) is 23.1. The molecule has 3 heterocycles. The maximum atomic E-state index is 14.1. The van der Waals surface area contributed by atoms with Crippen molar-refractivity contribution in [2.45, 2.75) is 39.2 Å². The number of esters is 1. The summed E-state index contributed by atoms with van der Waals surface area (Å²) in [5.41, 5.74) is 10.3. The smallest absolute Gasteiger partial charge is 0.338 e. The molecule has 1 aromatic carbocycles. The van der Waals surface area contributed by atoms with Crippen molar-refractivity contribution < 1.29 is 19.1 Å². The first-order valence-electron chi connectivity index (χ1n) is 13.2. The Balaban J connectivity index is 1.79. The second-order valence-corrected chi connectivity index (χ2v) is 10.9. The highest BCUT2D eigenvalue weighted by Gasteiger charge is 2.47. The fraction of sp³-hybridized carbons (Fsp3) is 0.258. The minimum atomic E-state index is -1.11. The van der Waals surface area contributed by atoms with Crippen molar-refractivity contribution in [1.29, 1.82) is 0 Å². The first-order valence-corrected chi connectivity index (χ1v) is 13.2. The zero-order valence-corrected chi connectivity index (χ0v) is 23.1. The van der Waals surface area contributed by atoms with Crippen LogP contribution in [-0.4, -0.2) is 39.3 Å². The van der Waals surface area contributed by atoms with E-state index >= 15 is 0 Å². The van der Waals surface area contributed by atoms with E-state index in [0.29, 0.717) is 23.2 Å². The Morgan fingerprint density at radius 3 is 2.56 bits per heavy atom. The summed E-state index contributed by atoms with van der Waals surface area (Å²) >= 11 is 0. The number of methoxy groups -OCH3 is 1. The molecular weight excluding hydrogens is 522 g/mol. The van der Waals surface area contributed by atoms with Crippen LogP contribution in [0.1, 0.15) is 48.5 Å². The average Bonchev–Trinajstić information content (AvgIpc) is 2.95. The molecule has 0 spiro atoms. The Morgan fingerprint density at radius 2 is 1.88 bits per heavy atom. The molecule has 2 aromatic heterocycles. The van der Waals surface area contributed by atoms with Gasteiger partial charge in [0.25, 0.3) is 11.5 Å². The third-order valence-corrected chi connectivity index (χ3v) is 7.48. The molecule has 2 aliphatic rings. The minimum Gasteiger partial charge on any atom is -0.466 e. The summed E-state index contributed by atoms with van der Waals surface area (Å²) in [6.45, 7) is 7.89. The largest absolute Gasteiger partial charge is 0.466 e. The van der Waals surface area contributed by atoms with Gasteiger partial charge in [0.15, 0.2) is 5.78 Å². The molecule has 0 fully saturated rings. The van der Waals surface area contributed by atoms with Gasteiger partial charge in [-0.3, -0.25) is 24.8 Å². The third-order valence-electron chi connectivity index (χ3n) is 7.48. The number of nitrogens with zero attached hydrogens (tertiary/aromatic N) is 3. The summed E-state index contributed by atoms with van der Waals surface area (Å²) in [6.07, 6.45) is 5.10. The number of carbonyl (C=O) groups excluding carboxylic acids is 3. The summed E-state index contributed by atoms with van der Waals surface area (Å²) in [5.74, 6) is -2.82. The molecule has 0 bridgehead atoms. The van der Waals surface area contributed by atoms with Crippen LogP contribution in [0.15, 0.2) is 95.0 Å². The Morgan fingerprint density at radius 1 is 1.17 bits per heavy atom. The molecule has 10 nitrogen and oxygen atoms in total. The van der Waals surface area contributed by atoms with Crippen LogP contribution in [0.2, 0.25) is 0 Å². The lowest BCUT2D eigenvalue weighted by molar-refractivity contribution is -0.136. The van der Waals surface area contributed by atoms with Gasteiger partial charge in [0.2, 0.25) is 0 Å². The number of para-hydroxylation sites is 1. The van der Waals surface area contributed by atoms with E-state index in [9.17, 15) is 19.2 Å². The van der Waals surface area contributed by atoms with Crippen LogP contribution in [0.4, 0.5) is 0 Å². The first-order chi connectivity index (χ1) is 19.6. The van der Waals surface area contributed by atoms with Crippen molar-refractivity contribution >= 4 is 28.6 Å². The Bertz CT molecular complexity index is 1720. The summed E-state index contributed by atoms with van der Waals surface area (Å²) in [5, 5.41) is 2.04. The van der Waals surface area contributed by atoms with Gasteiger partial charge in [-0.25, -0.2) is 9.80 Å². The quantitative estimate of drug-likeness (QED) is 0.351. The van der Waals surface area contributed by atoms with Gasteiger partial charge in [-0.2, -0.15) is 0 Å². The number of aromatic nitrogens is 2. The number of ether oxygens (including phenoxy) is 1. The average molecular weight is 554 g/mol. The summed E-state index contributed by atoms with van der Waals surface area (Å²) in [7, 11) is 1.20. The number of fused-ring (bicyclic) bond motifs is 1. The van der Waals surface area contributed by atoms with Gasteiger partial charge in [0, 0.05) is 42.1 Å². The molecule has 41 heavy (non-hydrogen) atoms. The zero-order chi connectivity index (χ0) is 29.5. The van der Waals surface area contributed by atoms with E-state index in [0.717, 1.165) is 5.39 Å². The molecule has 3 aromatic rings. The van der Waals surface area contributed by atoms with Gasteiger partial charge in [-0.15, -0.1) is 6.58 Å². The summed E-state index contributed by atoms with van der Waals surface area (Å²) in [6, 6.07) is 12.1. The van der Waals surface area contributed by atoms with E-state index < -0.39 is 23.2 Å². The molecule has 1 aliphatic heterocycles. The molecule has 5 rings (SSSR count). The molecule has 1 atom stereocenters. The fourth-order valence-electron chi connectivity index (χ4n) is 5.69. The molecule has 3 N–H and O–H groups in total. The minimum absolute atomic E-state index is 0.105. The van der Waals surface area contributed by atoms with Crippen molar-refractivity contribution in [2.24, 2.45) is 11.1 Å². The van der Waals surface area contributed by atoms with E-state index in [1.54, 1.807) is 16.7 Å². The predicted molar refractivity (Wildman–Crippen MR) is 153 cm³/mol. The second-order valence-electron chi connectivity index (χ2n) is 10.9. The van der Waals surface area contributed by atoms with Crippen molar-refractivity contribution in [2.75, 3.05) is 7.11 Å². The van der Waals surface area contributed by atoms with E-state index in [4.69, 9.17) is 10.5 Å². The van der Waals surface area contributed by atoms with E-state index in [1.165, 1.54) is 36.6 Å². The number of rotatable bonds is 6. The van der Waals surface area contributed by atoms with Crippen LogP contribution in [-0.2, 0) is 20.9 Å². The molecule has 0 saturated heterocycles. The van der Waals surface area contributed by atoms with E-state index in [2.05, 4.69) is 17.0 Å². The number of benzene rings is 1. The molecule has 10 heteroatoms. The van der Waals surface area contributed by atoms with Crippen LogP contribution in [0.3, 0.4) is 0 Å². The monoisotopic (exact) mass is 553 g/mol. The fourth-order valence-corrected chi connectivity index (χ4v) is 5.69.